The molecule has 1 aromatic heterocycles. The number of rotatable bonds is 6. The van der Waals surface area contributed by atoms with E-state index in [2.05, 4.69) is 9.72 Å². The van der Waals surface area contributed by atoms with E-state index < -0.39 is 22.0 Å². The van der Waals surface area contributed by atoms with Crippen LogP contribution in [-0.2, 0) is 28.5 Å². The normalized spacial score (nSPS) is 11.6. The van der Waals surface area contributed by atoms with Crippen molar-refractivity contribution in [1.29, 1.82) is 0 Å². The average Bonchev–Trinajstić information content (AvgIpc) is 2.82. The number of imidazole rings is 1. The summed E-state index contributed by atoms with van der Waals surface area (Å²) < 4.78 is 49.5. The van der Waals surface area contributed by atoms with Crippen molar-refractivity contribution in [3.8, 4) is 5.75 Å². The molecule has 0 unspecified atom stereocenters. The largest absolute Gasteiger partial charge is 0.442 e. The predicted octanol–water partition coefficient (Wildman–Crippen LogP) is 2.05. The van der Waals surface area contributed by atoms with Gasteiger partial charge >= 0.3 is 16.2 Å². The first-order chi connectivity index (χ1) is 11.6. The van der Waals surface area contributed by atoms with Gasteiger partial charge in [-0.15, -0.1) is 0 Å². The van der Waals surface area contributed by atoms with Gasteiger partial charge in [-0.1, -0.05) is 19.9 Å². The first-order valence-electron chi connectivity index (χ1n) is 7.29. The molecule has 0 aliphatic rings. The Hall–Kier alpha value is -2.62. The van der Waals surface area contributed by atoms with Crippen molar-refractivity contribution >= 4 is 16.2 Å². The van der Waals surface area contributed by atoms with Crippen LogP contribution >= 0.6 is 0 Å². The lowest BCUT2D eigenvalue weighted by Gasteiger charge is -2.11. The van der Waals surface area contributed by atoms with Crippen molar-refractivity contribution in [2.24, 2.45) is 12.8 Å². The molecule has 2 aromatic rings. The highest BCUT2D eigenvalue weighted by molar-refractivity contribution is 7.87. The van der Waals surface area contributed by atoms with E-state index >= 15 is 0 Å². The Morgan fingerprint density at radius 1 is 1.40 bits per heavy atom. The smallest absolute Gasteiger partial charge is 0.404 e. The van der Waals surface area contributed by atoms with Crippen molar-refractivity contribution in [3.05, 3.63) is 41.6 Å². The molecule has 0 radical (unpaired) electrons. The minimum atomic E-state index is -4.29. The molecule has 2 rings (SSSR count). The Morgan fingerprint density at radius 2 is 2.08 bits per heavy atom. The first-order valence-corrected chi connectivity index (χ1v) is 8.70. The number of carbonyl (C=O) groups is 1. The van der Waals surface area contributed by atoms with Gasteiger partial charge < -0.3 is 19.2 Å². The van der Waals surface area contributed by atoms with Gasteiger partial charge in [-0.25, -0.2) is 14.2 Å². The maximum Gasteiger partial charge on any atom is 0.404 e. The van der Waals surface area contributed by atoms with Crippen LogP contribution in [0.4, 0.5) is 9.18 Å². The van der Waals surface area contributed by atoms with Crippen LogP contribution < -0.4 is 9.92 Å². The molecule has 0 aliphatic carbocycles. The summed E-state index contributed by atoms with van der Waals surface area (Å²) in [4.78, 5) is 15.0. The maximum absolute atomic E-state index is 13.3. The number of nitrogens with zero attached hydrogens (tertiary/aromatic N) is 2. The van der Waals surface area contributed by atoms with Crippen molar-refractivity contribution in [1.82, 2.24) is 9.55 Å². The second kappa shape index (κ2) is 7.09. The monoisotopic (exact) mass is 371 g/mol. The summed E-state index contributed by atoms with van der Waals surface area (Å²) in [5.41, 5.74) is 5.16. The molecule has 10 heteroatoms. The summed E-state index contributed by atoms with van der Waals surface area (Å²) in [7, 11) is -2.85. The number of benzene rings is 1. The number of ether oxygens (including phenoxy) is 1. The van der Waals surface area contributed by atoms with Gasteiger partial charge in [0.05, 0.1) is 5.69 Å². The third-order valence-corrected chi connectivity index (χ3v) is 4.66. The fourth-order valence-corrected chi connectivity index (χ4v) is 3.59. The Kier molecular flexibility index (Phi) is 5.31. The van der Waals surface area contributed by atoms with Crippen molar-refractivity contribution in [3.63, 3.8) is 0 Å². The van der Waals surface area contributed by atoms with E-state index in [-0.39, 0.29) is 34.8 Å². The summed E-state index contributed by atoms with van der Waals surface area (Å²) in [5, 5.41) is -0.199. The Morgan fingerprint density at radius 3 is 2.64 bits per heavy atom. The Balaban J connectivity index is 2.46. The summed E-state index contributed by atoms with van der Waals surface area (Å²) >= 11 is 0. The van der Waals surface area contributed by atoms with Crippen LogP contribution in [0.2, 0.25) is 0 Å². The number of hydrogen-bond acceptors (Lipinski definition) is 6. The highest BCUT2D eigenvalue weighted by Crippen LogP contribution is 2.27. The van der Waals surface area contributed by atoms with E-state index in [0.29, 0.717) is 0 Å². The molecule has 0 aliphatic heterocycles. The van der Waals surface area contributed by atoms with Crippen molar-refractivity contribution in [2.45, 2.75) is 31.4 Å². The van der Waals surface area contributed by atoms with E-state index in [9.17, 15) is 17.6 Å². The van der Waals surface area contributed by atoms with Crippen LogP contribution in [0.15, 0.2) is 29.3 Å². The maximum atomic E-state index is 13.3. The van der Waals surface area contributed by atoms with Gasteiger partial charge in [0.2, 0.25) is 0 Å². The highest BCUT2D eigenvalue weighted by Gasteiger charge is 2.30. The molecule has 0 fully saturated rings. The lowest BCUT2D eigenvalue weighted by molar-refractivity contribution is 0.146. The van der Waals surface area contributed by atoms with E-state index in [1.807, 2.05) is 0 Å². The summed E-state index contributed by atoms with van der Waals surface area (Å²) in [5.74, 6) is -0.860. The molecule has 0 spiro atoms. The fraction of sp³-hybridized carbons (Fsp3) is 0.333. The van der Waals surface area contributed by atoms with Gasteiger partial charge in [0, 0.05) is 13.1 Å². The summed E-state index contributed by atoms with van der Waals surface area (Å²) in [6.45, 7) is 3.21. The van der Waals surface area contributed by atoms with Crippen LogP contribution in [0.1, 0.15) is 31.3 Å². The second-order valence-corrected chi connectivity index (χ2v) is 7.00. The number of primary amides is 1. The molecule has 136 valence electrons. The molecule has 0 saturated heterocycles. The summed E-state index contributed by atoms with van der Waals surface area (Å²) in [6, 6.07) is 4.78. The Bertz CT molecular complexity index is 893. The molecule has 1 heterocycles. The topological polar surface area (TPSA) is 114 Å². The third kappa shape index (κ3) is 4.27. The van der Waals surface area contributed by atoms with Gasteiger partial charge in [0.25, 0.3) is 0 Å². The molecular formula is C15H18FN3O5S. The number of aromatic nitrogens is 2. The fourth-order valence-electron chi connectivity index (χ4n) is 2.17. The molecule has 1 amide bonds. The standard InChI is InChI=1S/C15H18FN3O5S/c1-9(2)13-14(19(3)12(18-13)8-23-15(17)20)25(21,22)24-11-6-4-5-10(16)7-11/h4-7,9H,8H2,1-3H3,(H2,17,20). The van der Waals surface area contributed by atoms with Gasteiger partial charge in [0.15, 0.2) is 11.6 Å². The number of nitrogens with two attached hydrogens (primary N) is 1. The van der Waals surface area contributed by atoms with Gasteiger partial charge in [0.1, 0.15) is 17.4 Å². The number of amides is 1. The predicted molar refractivity (Wildman–Crippen MR) is 85.9 cm³/mol. The molecule has 2 N–H and O–H groups in total. The summed E-state index contributed by atoms with van der Waals surface area (Å²) in [6.07, 6.45) is -1.01. The average molecular weight is 371 g/mol. The zero-order chi connectivity index (χ0) is 18.8. The minimum Gasteiger partial charge on any atom is -0.442 e. The second-order valence-electron chi connectivity index (χ2n) is 5.53. The van der Waals surface area contributed by atoms with Crippen LogP contribution in [0.3, 0.4) is 0 Å². The van der Waals surface area contributed by atoms with Gasteiger partial charge in [-0.2, -0.15) is 8.42 Å². The quantitative estimate of drug-likeness (QED) is 0.778. The van der Waals surface area contributed by atoms with Crippen LogP contribution in [0.25, 0.3) is 0 Å². The van der Waals surface area contributed by atoms with Crippen molar-refractivity contribution in [2.75, 3.05) is 0 Å². The van der Waals surface area contributed by atoms with Crippen LogP contribution in [-0.4, -0.2) is 24.1 Å². The van der Waals surface area contributed by atoms with E-state index in [0.717, 1.165) is 6.07 Å². The molecule has 8 nitrogen and oxygen atoms in total. The highest BCUT2D eigenvalue weighted by atomic mass is 32.2. The van der Waals surface area contributed by atoms with E-state index in [4.69, 9.17) is 9.92 Å². The minimum absolute atomic E-state index is 0.161. The lowest BCUT2D eigenvalue weighted by atomic mass is 10.2. The molecule has 1 aromatic carbocycles. The number of halogens is 1. The zero-order valence-electron chi connectivity index (χ0n) is 13.9. The van der Waals surface area contributed by atoms with E-state index in [1.54, 1.807) is 13.8 Å². The van der Waals surface area contributed by atoms with Gasteiger partial charge in [-0.3, -0.25) is 0 Å². The number of carbonyl (C=O) groups excluding carboxylic acids is 1. The van der Waals surface area contributed by atoms with Gasteiger partial charge in [-0.05, 0) is 18.1 Å². The third-order valence-electron chi connectivity index (χ3n) is 3.29. The van der Waals surface area contributed by atoms with Crippen LogP contribution in [0.5, 0.6) is 5.75 Å². The first kappa shape index (κ1) is 18.7. The molecule has 0 bridgehead atoms. The molecular weight excluding hydrogens is 353 g/mol. The van der Waals surface area contributed by atoms with E-state index in [1.165, 1.54) is 29.8 Å². The zero-order valence-corrected chi connectivity index (χ0v) is 14.7. The SMILES string of the molecule is CC(C)c1nc(COC(N)=O)n(C)c1S(=O)(=O)Oc1cccc(F)c1. The van der Waals surface area contributed by atoms with Crippen molar-refractivity contribution < 1.29 is 26.5 Å². The Labute approximate surface area is 144 Å². The van der Waals surface area contributed by atoms with Crippen LogP contribution in [0, 0.1) is 5.82 Å². The molecule has 0 atom stereocenters. The number of hydrogen-bond donors (Lipinski definition) is 1. The molecule has 25 heavy (non-hydrogen) atoms. The lowest BCUT2D eigenvalue weighted by Crippen LogP contribution is -2.18. The molecule has 0 saturated carbocycles.